The van der Waals surface area contributed by atoms with Crippen molar-refractivity contribution < 1.29 is 9.53 Å². The summed E-state index contributed by atoms with van der Waals surface area (Å²) in [6.45, 7) is 2.87. The average molecular weight is 308 g/mol. The van der Waals surface area contributed by atoms with Gasteiger partial charge in [0.15, 0.2) is 0 Å². The van der Waals surface area contributed by atoms with Crippen LogP contribution in [-0.2, 0) is 17.9 Å². The third-order valence-electron chi connectivity index (χ3n) is 3.97. The molecule has 4 nitrogen and oxygen atoms in total. The van der Waals surface area contributed by atoms with E-state index in [-0.39, 0.29) is 5.91 Å². The van der Waals surface area contributed by atoms with E-state index in [0.29, 0.717) is 13.1 Å². The lowest BCUT2D eigenvalue weighted by Gasteiger charge is -2.10. The molecule has 23 heavy (non-hydrogen) atoms. The van der Waals surface area contributed by atoms with Crippen LogP contribution in [0.15, 0.2) is 54.6 Å². The van der Waals surface area contributed by atoms with Crippen molar-refractivity contribution in [1.29, 1.82) is 0 Å². The number of methoxy groups -OCH3 is 1. The Kier molecular flexibility index (Phi) is 4.33. The fourth-order valence-corrected chi connectivity index (χ4v) is 2.70. The van der Waals surface area contributed by atoms with Crippen molar-refractivity contribution in [3.8, 4) is 5.75 Å². The third kappa shape index (κ3) is 3.37. The summed E-state index contributed by atoms with van der Waals surface area (Å²) >= 11 is 0. The summed E-state index contributed by atoms with van der Waals surface area (Å²) < 4.78 is 7.17. The molecule has 2 aromatic carbocycles. The van der Waals surface area contributed by atoms with Crippen molar-refractivity contribution in [3.63, 3.8) is 0 Å². The van der Waals surface area contributed by atoms with Crippen LogP contribution in [0.1, 0.15) is 11.3 Å². The molecular weight excluding hydrogens is 288 g/mol. The molecule has 3 rings (SSSR count). The predicted octanol–water partition coefficient (Wildman–Crippen LogP) is 3.27. The van der Waals surface area contributed by atoms with Crippen molar-refractivity contribution in [2.24, 2.45) is 0 Å². The summed E-state index contributed by atoms with van der Waals surface area (Å²) in [7, 11) is 1.64. The van der Waals surface area contributed by atoms with Crippen LogP contribution >= 0.6 is 0 Å². The summed E-state index contributed by atoms with van der Waals surface area (Å²) in [6.07, 6.45) is 0. The van der Waals surface area contributed by atoms with Gasteiger partial charge in [0.25, 0.3) is 0 Å². The van der Waals surface area contributed by atoms with Crippen LogP contribution in [-0.4, -0.2) is 17.6 Å². The maximum absolute atomic E-state index is 12.2. The molecular formula is C19H20N2O2. The molecule has 0 fully saturated rings. The van der Waals surface area contributed by atoms with Crippen molar-refractivity contribution in [2.45, 2.75) is 20.0 Å². The number of aromatic nitrogens is 1. The van der Waals surface area contributed by atoms with Gasteiger partial charge in [-0.3, -0.25) is 4.79 Å². The zero-order chi connectivity index (χ0) is 16.2. The van der Waals surface area contributed by atoms with Crippen molar-refractivity contribution in [1.82, 2.24) is 9.88 Å². The molecule has 0 aliphatic heterocycles. The first-order valence-electron chi connectivity index (χ1n) is 7.62. The largest absolute Gasteiger partial charge is 0.497 e. The zero-order valence-corrected chi connectivity index (χ0v) is 13.4. The number of para-hydroxylation sites is 1. The van der Waals surface area contributed by atoms with Crippen molar-refractivity contribution in [3.05, 3.63) is 65.9 Å². The number of nitrogens with one attached hydrogen (secondary N) is 1. The minimum Gasteiger partial charge on any atom is -0.497 e. The molecule has 1 N–H and O–H groups in total. The van der Waals surface area contributed by atoms with E-state index in [4.69, 9.17) is 4.74 Å². The highest BCUT2D eigenvalue weighted by Crippen LogP contribution is 2.19. The van der Waals surface area contributed by atoms with Gasteiger partial charge >= 0.3 is 0 Å². The Bertz CT molecular complexity index is 819. The number of carbonyl (C=O) groups is 1. The predicted molar refractivity (Wildman–Crippen MR) is 91.5 cm³/mol. The van der Waals surface area contributed by atoms with Gasteiger partial charge in [-0.2, -0.15) is 0 Å². The van der Waals surface area contributed by atoms with Crippen LogP contribution in [0.5, 0.6) is 5.75 Å². The normalized spacial score (nSPS) is 10.7. The van der Waals surface area contributed by atoms with E-state index in [0.717, 1.165) is 27.9 Å². The van der Waals surface area contributed by atoms with E-state index in [1.807, 2.05) is 54.0 Å². The van der Waals surface area contributed by atoms with Gasteiger partial charge in [-0.25, -0.2) is 0 Å². The second-order valence-electron chi connectivity index (χ2n) is 5.56. The first kappa shape index (κ1) is 15.2. The number of carbonyl (C=O) groups excluding carboxylic acids is 1. The number of hydrogen-bond donors (Lipinski definition) is 1. The fourth-order valence-electron chi connectivity index (χ4n) is 2.70. The Hall–Kier alpha value is -2.75. The molecule has 0 unspecified atom stereocenters. The van der Waals surface area contributed by atoms with E-state index in [2.05, 4.69) is 17.4 Å². The molecule has 0 aliphatic carbocycles. The Morgan fingerprint density at radius 3 is 2.61 bits per heavy atom. The standard InChI is InChI=1S/C19H20N2O2/c1-14-11-16-5-3-4-6-18(16)21(14)13-19(22)20-12-15-7-9-17(23-2)10-8-15/h3-11H,12-13H2,1-2H3,(H,20,22). The van der Waals surface area contributed by atoms with Gasteiger partial charge in [-0.05, 0) is 42.1 Å². The summed E-state index contributed by atoms with van der Waals surface area (Å²) in [5.74, 6) is 0.819. The van der Waals surface area contributed by atoms with E-state index in [9.17, 15) is 4.79 Å². The second kappa shape index (κ2) is 6.57. The first-order chi connectivity index (χ1) is 11.2. The van der Waals surface area contributed by atoms with E-state index < -0.39 is 0 Å². The van der Waals surface area contributed by atoms with Gasteiger partial charge in [0.1, 0.15) is 12.3 Å². The Balaban J connectivity index is 1.65. The highest BCUT2D eigenvalue weighted by molar-refractivity contribution is 5.84. The summed E-state index contributed by atoms with van der Waals surface area (Å²) in [6, 6.07) is 17.9. The van der Waals surface area contributed by atoms with E-state index >= 15 is 0 Å². The van der Waals surface area contributed by atoms with Gasteiger partial charge in [0, 0.05) is 17.8 Å². The molecule has 1 aromatic heterocycles. The smallest absolute Gasteiger partial charge is 0.240 e. The van der Waals surface area contributed by atoms with Crippen LogP contribution in [0.3, 0.4) is 0 Å². The minimum atomic E-state index is 0.00488. The summed E-state index contributed by atoms with van der Waals surface area (Å²) in [5, 5.41) is 4.13. The van der Waals surface area contributed by atoms with Crippen molar-refractivity contribution in [2.75, 3.05) is 7.11 Å². The number of ether oxygens (including phenoxy) is 1. The Labute approximate surface area is 135 Å². The van der Waals surface area contributed by atoms with Crippen molar-refractivity contribution >= 4 is 16.8 Å². The lowest BCUT2D eigenvalue weighted by atomic mass is 10.2. The van der Waals surface area contributed by atoms with E-state index in [1.54, 1.807) is 7.11 Å². The monoisotopic (exact) mass is 308 g/mol. The van der Waals surface area contributed by atoms with Crippen LogP contribution in [0, 0.1) is 6.92 Å². The minimum absolute atomic E-state index is 0.00488. The van der Waals surface area contributed by atoms with Crippen LogP contribution < -0.4 is 10.1 Å². The molecule has 3 aromatic rings. The number of rotatable bonds is 5. The number of benzene rings is 2. The topological polar surface area (TPSA) is 43.3 Å². The molecule has 118 valence electrons. The number of fused-ring (bicyclic) bond motifs is 1. The summed E-state index contributed by atoms with van der Waals surface area (Å²) in [5.41, 5.74) is 3.23. The van der Waals surface area contributed by atoms with E-state index in [1.165, 1.54) is 0 Å². The van der Waals surface area contributed by atoms with Gasteiger partial charge in [-0.15, -0.1) is 0 Å². The number of aryl methyl sites for hydroxylation is 1. The van der Waals surface area contributed by atoms with Crippen LogP contribution in [0.2, 0.25) is 0 Å². The maximum Gasteiger partial charge on any atom is 0.240 e. The second-order valence-corrected chi connectivity index (χ2v) is 5.56. The molecule has 0 bridgehead atoms. The molecule has 0 atom stereocenters. The number of hydrogen-bond acceptors (Lipinski definition) is 2. The number of nitrogens with zero attached hydrogens (tertiary/aromatic N) is 1. The van der Waals surface area contributed by atoms with Crippen LogP contribution in [0.4, 0.5) is 0 Å². The quantitative estimate of drug-likeness (QED) is 0.786. The molecule has 0 saturated carbocycles. The molecule has 0 saturated heterocycles. The molecule has 0 radical (unpaired) electrons. The summed E-state index contributed by atoms with van der Waals surface area (Å²) in [4.78, 5) is 12.2. The third-order valence-corrected chi connectivity index (χ3v) is 3.97. The van der Waals surface area contributed by atoms with Gasteiger partial charge in [-0.1, -0.05) is 30.3 Å². The molecule has 0 spiro atoms. The Morgan fingerprint density at radius 1 is 1.13 bits per heavy atom. The highest BCUT2D eigenvalue weighted by Gasteiger charge is 2.09. The molecule has 1 amide bonds. The van der Waals surface area contributed by atoms with Gasteiger partial charge in [0.2, 0.25) is 5.91 Å². The lowest BCUT2D eigenvalue weighted by molar-refractivity contribution is -0.121. The molecule has 1 heterocycles. The Morgan fingerprint density at radius 2 is 1.87 bits per heavy atom. The zero-order valence-electron chi connectivity index (χ0n) is 13.4. The van der Waals surface area contributed by atoms with Gasteiger partial charge < -0.3 is 14.6 Å². The first-order valence-corrected chi connectivity index (χ1v) is 7.62. The highest BCUT2D eigenvalue weighted by atomic mass is 16.5. The fraction of sp³-hybridized carbons (Fsp3) is 0.211. The average Bonchev–Trinajstić information content (AvgIpc) is 2.89. The van der Waals surface area contributed by atoms with Gasteiger partial charge in [0.05, 0.1) is 7.11 Å². The molecule has 0 aliphatic rings. The lowest BCUT2D eigenvalue weighted by Crippen LogP contribution is -2.27. The molecule has 4 heteroatoms. The SMILES string of the molecule is COc1ccc(CNC(=O)Cn2c(C)cc3ccccc32)cc1. The number of amides is 1. The van der Waals surface area contributed by atoms with Crippen LogP contribution in [0.25, 0.3) is 10.9 Å². The maximum atomic E-state index is 12.2.